The Balaban J connectivity index is 1.60. The van der Waals surface area contributed by atoms with Gasteiger partial charge in [-0.2, -0.15) is 0 Å². The van der Waals surface area contributed by atoms with Crippen molar-refractivity contribution < 1.29 is 19.1 Å². The number of amides is 3. The van der Waals surface area contributed by atoms with Crippen molar-refractivity contribution in [3.63, 3.8) is 0 Å². The highest BCUT2D eigenvalue weighted by Crippen LogP contribution is 2.28. The Labute approximate surface area is 212 Å². The SMILES string of the molecule is COc1ccccc1NC(=O)CC1C(=O)N(c2ccccc2)C(=S)N1NC(=O)c1ccc(Cl)cc1. The normalized spacial score (nSPS) is 15.2. The summed E-state index contributed by atoms with van der Waals surface area (Å²) in [6, 6.07) is 20.9. The number of thiocarbonyl (C=S) groups is 1. The number of hydrazine groups is 1. The Morgan fingerprint density at radius 1 is 1.00 bits per heavy atom. The molecular weight excluding hydrogens is 488 g/mol. The summed E-state index contributed by atoms with van der Waals surface area (Å²) in [6.07, 6.45) is -0.263. The molecule has 0 radical (unpaired) electrons. The third-order valence-corrected chi connectivity index (χ3v) is 5.95. The van der Waals surface area contributed by atoms with Crippen LogP contribution in [0, 0.1) is 0 Å². The van der Waals surface area contributed by atoms with E-state index in [0.29, 0.717) is 27.7 Å². The van der Waals surface area contributed by atoms with Crippen molar-refractivity contribution in [2.24, 2.45) is 0 Å². The lowest BCUT2D eigenvalue weighted by Crippen LogP contribution is -2.49. The zero-order chi connectivity index (χ0) is 24.9. The standard InChI is InChI=1S/C25H21ClN4O4S/c1-34-21-10-6-5-9-19(21)27-22(31)15-20-24(33)29(18-7-3-2-4-8-18)25(35)30(20)28-23(32)16-11-13-17(26)14-12-16/h2-14,20H,15H2,1H3,(H,27,31)(H,28,32). The Hall–Kier alpha value is -3.95. The van der Waals surface area contributed by atoms with Crippen molar-refractivity contribution in [1.82, 2.24) is 10.4 Å². The van der Waals surface area contributed by atoms with Gasteiger partial charge in [-0.1, -0.05) is 41.9 Å². The third-order valence-electron chi connectivity index (χ3n) is 5.32. The molecule has 1 aliphatic heterocycles. The fourth-order valence-electron chi connectivity index (χ4n) is 3.61. The van der Waals surface area contributed by atoms with Crippen molar-refractivity contribution in [1.29, 1.82) is 0 Å². The van der Waals surface area contributed by atoms with E-state index >= 15 is 0 Å². The summed E-state index contributed by atoms with van der Waals surface area (Å²) in [5.41, 5.74) is 3.99. The van der Waals surface area contributed by atoms with E-state index in [0.717, 1.165) is 0 Å². The fourth-order valence-corrected chi connectivity index (χ4v) is 4.11. The zero-order valence-electron chi connectivity index (χ0n) is 18.6. The van der Waals surface area contributed by atoms with Gasteiger partial charge in [0.05, 0.1) is 24.9 Å². The number of carbonyl (C=O) groups excluding carboxylic acids is 3. The second kappa shape index (κ2) is 10.5. The molecule has 0 aliphatic carbocycles. The van der Waals surface area contributed by atoms with E-state index in [1.54, 1.807) is 72.8 Å². The van der Waals surface area contributed by atoms with Crippen LogP contribution in [0.1, 0.15) is 16.8 Å². The number of nitrogens with one attached hydrogen (secondary N) is 2. The monoisotopic (exact) mass is 508 g/mol. The molecule has 3 amide bonds. The van der Waals surface area contributed by atoms with Crippen LogP contribution in [-0.2, 0) is 9.59 Å². The maximum atomic E-state index is 13.4. The van der Waals surface area contributed by atoms with Crippen LogP contribution in [0.2, 0.25) is 5.02 Å². The molecule has 3 aromatic carbocycles. The Morgan fingerprint density at radius 2 is 1.66 bits per heavy atom. The first-order chi connectivity index (χ1) is 16.9. The van der Waals surface area contributed by atoms with Gasteiger partial charge in [0.1, 0.15) is 11.8 Å². The topological polar surface area (TPSA) is 91.0 Å². The fraction of sp³-hybridized carbons (Fsp3) is 0.120. The summed E-state index contributed by atoms with van der Waals surface area (Å²) in [4.78, 5) is 40.6. The molecular formula is C25H21ClN4O4S. The molecule has 1 unspecified atom stereocenters. The summed E-state index contributed by atoms with van der Waals surface area (Å²) in [5, 5.41) is 4.55. The second-order valence-electron chi connectivity index (χ2n) is 7.58. The van der Waals surface area contributed by atoms with E-state index in [1.165, 1.54) is 17.0 Å². The van der Waals surface area contributed by atoms with Crippen LogP contribution in [0.3, 0.4) is 0 Å². The predicted molar refractivity (Wildman–Crippen MR) is 137 cm³/mol. The molecule has 10 heteroatoms. The number of hydrogen-bond acceptors (Lipinski definition) is 5. The summed E-state index contributed by atoms with van der Waals surface area (Å²) >= 11 is 11.5. The Kier molecular flexibility index (Phi) is 7.28. The molecule has 0 bridgehead atoms. The highest BCUT2D eigenvalue weighted by atomic mass is 35.5. The minimum Gasteiger partial charge on any atom is -0.495 e. The van der Waals surface area contributed by atoms with Crippen LogP contribution in [0.15, 0.2) is 78.9 Å². The van der Waals surface area contributed by atoms with Crippen molar-refractivity contribution in [2.45, 2.75) is 12.5 Å². The van der Waals surface area contributed by atoms with E-state index in [9.17, 15) is 14.4 Å². The Bertz CT molecular complexity index is 1270. The number of carbonyl (C=O) groups is 3. The van der Waals surface area contributed by atoms with Crippen LogP contribution >= 0.6 is 23.8 Å². The van der Waals surface area contributed by atoms with Gasteiger partial charge in [-0.25, -0.2) is 5.01 Å². The lowest BCUT2D eigenvalue weighted by Gasteiger charge is -2.24. The molecule has 3 aromatic rings. The molecule has 1 heterocycles. The molecule has 0 spiro atoms. The molecule has 1 atom stereocenters. The van der Waals surface area contributed by atoms with Crippen molar-refractivity contribution in [2.75, 3.05) is 17.3 Å². The van der Waals surface area contributed by atoms with Crippen LogP contribution in [-0.4, -0.2) is 41.0 Å². The Morgan fingerprint density at radius 3 is 2.34 bits per heavy atom. The quantitative estimate of drug-likeness (QED) is 0.468. The molecule has 0 saturated carbocycles. The highest BCUT2D eigenvalue weighted by Gasteiger charge is 2.45. The first-order valence-corrected chi connectivity index (χ1v) is 11.4. The first kappa shape index (κ1) is 24.2. The molecule has 2 N–H and O–H groups in total. The van der Waals surface area contributed by atoms with Gasteiger partial charge < -0.3 is 10.1 Å². The van der Waals surface area contributed by atoms with E-state index < -0.39 is 23.8 Å². The van der Waals surface area contributed by atoms with Crippen LogP contribution in [0.4, 0.5) is 11.4 Å². The largest absolute Gasteiger partial charge is 0.495 e. The number of benzene rings is 3. The van der Waals surface area contributed by atoms with Crippen LogP contribution < -0.4 is 20.4 Å². The van der Waals surface area contributed by atoms with Crippen molar-refractivity contribution in [3.8, 4) is 5.75 Å². The smallest absolute Gasteiger partial charge is 0.269 e. The maximum absolute atomic E-state index is 13.4. The van der Waals surface area contributed by atoms with Gasteiger partial charge in [0, 0.05) is 10.6 Å². The van der Waals surface area contributed by atoms with Crippen LogP contribution in [0.5, 0.6) is 5.75 Å². The second-order valence-corrected chi connectivity index (χ2v) is 8.38. The molecule has 1 saturated heterocycles. The van der Waals surface area contributed by atoms with Crippen molar-refractivity contribution in [3.05, 3.63) is 89.4 Å². The van der Waals surface area contributed by atoms with E-state index in [1.807, 2.05) is 6.07 Å². The van der Waals surface area contributed by atoms with Gasteiger partial charge in [-0.3, -0.25) is 24.7 Å². The van der Waals surface area contributed by atoms with Gasteiger partial charge >= 0.3 is 0 Å². The molecule has 35 heavy (non-hydrogen) atoms. The summed E-state index contributed by atoms with van der Waals surface area (Å²) in [5.74, 6) is -0.904. The minimum absolute atomic E-state index is 0.0543. The lowest BCUT2D eigenvalue weighted by molar-refractivity contribution is -0.124. The van der Waals surface area contributed by atoms with E-state index in [4.69, 9.17) is 28.6 Å². The number of ether oxygens (including phenoxy) is 1. The number of nitrogens with zero attached hydrogens (tertiary/aromatic N) is 2. The van der Waals surface area contributed by atoms with Gasteiger partial charge in [0.15, 0.2) is 0 Å². The van der Waals surface area contributed by atoms with Gasteiger partial charge in [0.2, 0.25) is 11.0 Å². The molecule has 0 aromatic heterocycles. The molecule has 1 fully saturated rings. The van der Waals surface area contributed by atoms with Crippen molar-refractivity contribution >= 4 is 58.0 Å². The van der Waals surface area contributed by atoms with Crippen LogP contribution in [0.25, 0.3) is 0 Å². The molecule has 178 valence electrons. The number of methoxy groups -OCH3 is 1. The predicted octanol–water partition coefficient (Wildman–Crippen LogP) is 4.02. The van der Waals surface area contributed by atoms with E-state index in [2.05, 4.69) is 10.7 Å². The summed E-state index contributed by atoms with van der Waals surface area (Å²) < 4.78 is 5.27. The number of anilines is 2. The average Bonchev–Trinajstić information content (AvgIpc) is 3.09. The zero-order valence-corrected chi connectivity index (χ0v) is 20.2. The minimum atomic E-state index is -1.06. The number of para-hydroxylation sites is 3. The summed E-state index contributed by atoms with van der Waals surface area (Å²) in [6.45, 7) is 0. The van der Waals surface area contributed by atoms with Gasteiger partial charge in [-0.15, -0.1) is 0 Å². The number of hydrogen-bond donors (Lipinski definition) is 2. The van der Waals surface area contributed by atoms with Gasteiger partial charge in [-0.05, 0) is 60.7 Å². The van der Waals surface area contributed by atoms with E-state index in [-0.39, 0.29) is 11.5 Å². The maximum Gasteiger partial charge on any atom is 0.269 e. The number of rotatable bonds is 7. The summed E-state index contributed by atoms with van der Waals surface area (Å²) in [7, 11) is 1.50. The molecule has 8 nitrogen and oxygen atoms in total. The average molecular weight is 509 g/mol. The first-order valence-electron chi connectivity index (χ1n) is 10.6. The third kappa shape index (κ3) is 5.26. The number of halogens is 1. The lowest BCUT2D eigenvalue weighted by atomic mass is 10.1. The highest BCUT2D eigenvalue weighted by molar-refractivity contribution is 7.80. The van der Waals surface area contributed by atoms with Gasteiger partial charge in [0.25, 0.3) is 11.8 Å². The molecule has 4 rings (SSSR count). The molecule has 1 aliphatic rings.